The van der Waals surface area contributed by atoms with Crippen molar-refractivity contribution < 1.29 is 24.2 Å². The van der Waals surface area contributed by atoms with Gasteiger partial charge in [-0.2, -0.15) is 0 Å². The van der Waals surface area contributed by atoms with Crippen molar-refractivity contribution in [3.63, 3.8) is 0 Å². The lowest BCUT2D eigenvalue weighted by Crippen LogP contribution is -2.47. The zero-order valence-electron chi connectivity index (χ0n) is 15.9. The van der Waals surface area contributed by atoms with Crippen molar-refractivity contribution >= 4 is 23.3 Å². The van der Waals surface area contributed by atoms with Crippen LogP contribution in [0.25, 0.3) is 0 Å². The Kier molecular flexibility index (Phi) is 6.35. The van der Waals surface area contributed by atoms with Gasteiger partial charge in [0.15, 0.2) is 0 Å². The van der Waals surface area contributed by atoms with Crippen LogP contribution in [0.4, 0.5) is 11.4 Å². The lowest BCUT2D eigenvalue weighted by Gasteiger charge is -2.31. The Morgan fingerprint density at radius 3 is 2.33 bits per heavy atom. The van der Waals surface area contributed by atoms with E-state index in [1.165, 1.54) is 0 Å². The van der Waals surface area contributed by atoms with Crippen molar-refractivity contribution in [1.82, 2.24) is 5.32 Å². The van der Waals surface area contributed by atoms with Gasteiger partial charge in [0.25, 0.3) is 17.3 Å². The third-order valence-electron chi connectivity index (χ3n) is 4.92. The number of carbonyl (C=O) groups is 2. The van der Waals surface area contributed by atoms with Crippen molar-refractivity contribution in [2.75, 3.05) is 0 Å². The number of ether oxygens (including phenoxy) is 1. The highest BCUT2D eigenvalue weighted by atomic mass is 16.6. The zero-order chi connectivity index (χ0) is 21.7. The van der Waals surface area contributed by atoms with Crippen LogP contribution < -0.4 is 5.32 Å². The molecule has 0 aliphatic heterocycles. The first-order valence-corrected chi connectivity index (χ1v) is 9.36. The maximum atomic E-state index is 12.7. The van der Waals surface area contributed by atoms with Crippen LogP contribution >= 0.6 is 0 Å². The number of nitrogens with one attached hydrogen (secondary N) is 1. The molecule has 10 heteroatoms. The summed E-state index contributed by atoms with van der Waals surface area (Å²) in [6, 6.07) is 10.8. The molecule has 0 spiro atoms. The number of nitro benzene ring substituents is 2. The van der Waals surface area contributed by atoms with Crippen LogP contribution in [0, 0.1) is 20.2 Å². The molecule has 0 heterocycles. The Balaban J connectivity index is 1.76. The fraction of sp³-hybridized carbons (Fsp3) is 0.300. The number of hydrogen-bond acceptors (Lipinski definition) is 7. The molecule has 3 rings (SSSR count). The van der Waals surface area contributed by atoms with Crippen molar-refractivity contribution in [3.05, 3.63) is 79.9 Å². The molecule has 2 atom stereocenters. The van der Waals surface area contributed by atoms with E-state index >= 15 is 0 Å². The van der Waals surface area contributed by atoms with E-state index < -0.39 is 45.2 Å². The monoisotopic (exact) mass is 413 g/mol. The number of benzene rings is 2. The molecule has 0 unspecified atom stereocenters. The highest BCUT2D eigenvalue weighted by Gasteiger charge is 2.32. The van der Waals surface area contributed by atoms with Crippen LogP contribution in [0.3, 0.4) is 0 Å². The minimum absolute atomic E-state index is 0.288. The van der Waals surface area contributed by atoms with Gasteiger partial charge in [-0.1, -0.05) is 24.6 Å². The number of non-ortho nitro benzene ring substituents is 1. The first-order valence-electron chi connectivity index (χ1n) is 9.36. The standard InChI is InChI=1S/C20H19N3O7/c24-19(15-11-10-14(22(26)27)12-17(15)23(28)29)21-16-8-4-5-9-18(16)30-20(25)13-6-2-1-3-7-13/h1-3,6-7,10-12,16,18H,4-5,8-9H2,(H,21,24)/t16-,18-/m1/s1. The Morgan fingerprint density at radius 1 is 0.967 bits per heavy atom. The van der Waals surface area contributed by atoms with E-state index in [4.69, 9.17) is 4.74 Å². The summed E-state index contributed by atoms with van der Waals surface area (Å²) in [5.41, 5.74) is -1.04. The summed E-state index contributed by atoms with van der Waals surface area (Å²) in [6.07, 6.45) is 2.13. The molecule has 0 aromatic heterocycles. The lowest BCUT2D eigenvalue weighted by atomic mass is 9.92. The van der Waals surface area contributed by atoms with E-state index in [1.807, 2.05) is 0 Å². The van der Waals surface area contributed by atoms with Crippen LogP contribution in [0.2, 0.25) is 0 Å². The van der Waals surface area contributed by atoms with E-state index in [0.717, 1.165) is 31.0 Å². The average molecular weight is 413 g/mol. The first kappa shape index (κ1) is 20.9. The van der Waals surface area contributed by atoms with Gasteiger partial charge in [0.05, 0.1) is 27.5 Å². The molecule has 0 bridgehead atoms. The SMILES string of the molecule is O=C(O[C@@H]1CCCC[C@H]1NC(=O)c1ccc([N+](=O)[O-])cc1[N+](=O)[O-])c1ccccc1. The second-order valence-electron chi connectivity index (χ2n) is 6.89. The van der Waals surface area contributed by atoms with Gasteiger partial charge >= 0.3 is 5.97 Å². The predicted octanol–water partition coefficient (Wildman–Crippen LogP) is 3.40. The summed E-state index contributed by atoms with van der Waals surface area (Å²) in [6.45, 7) is 0. The second-order valence-corrected chi connectivity index (χ2v) is 6.89. The molecular weight excluding hydrogens is 394 g/mol. The van der Waals surface area contributed by atoms with Crippen LogP contribution in [0.1, 0.15) is 46.4 Å². The molecule has 1 aliphatic rings. The topological polar surface area (TPSA) is 142 Å². The van der Waals surface area contributed by atoms with Gasteiger partial charge in [0.2, 0.25) is 0 Å². The fourth-order valence-electron chi connectivity index (χ4n) is 3.41. The van der Waals surface area contributed by atoms with Crippen LogP contribution in [0.15, 0.2) is 48.5 Å². The van der Waals surface area contributed by atoms with Gasteiger partial charge in [-0.3, -0.25) is 25.0 Å². The van der Waals surface area contributed by atoms with E-state index in [1.54, 1.807) is 30.3 Å². The lowest BCUT2D eigenvalue weighted by molar-refractivity contribution is -0.394. The van der Waals surface area contributed by atoms with Crippen molar-refractivity contribution in [1.29, 1.82) is 0 Å². The smallest absolute Gasteiger partial charge is 0.338 e. The zero-order valence-corrected chi connectivity index (χ0v) is 15.9. The predicted molar refractivity (Wildman–Crippen MR) is 105 cm³/mol. The van der Waals surface area contributed by atoms with Crippen molar-refractivity contribution in [2.45, 2.75) is 37.8 Å². The summed E-state index contributed by atoms with van der Waals surface area (Å²) in [4.78, 5) is 45.6. The van der Waals surface area contributed by atoms with Gasteiger partial charge < -0.3 is 10.1 Å². The summed E-state index contributed by atoms with van der Waals surface area (Å²) in [5.74, 6) is -1.26. The van der Waals surface area contributed by atoms with E-state index in [9.17, 15) is 29.8 Å². The van der Waals surface area contributed by atoms with Gasteiger partial charge in [0.1, 0.15) is 11.7 Å². The normalized spacial score (nSPS) is 18.3. The van der Waals surface area contributed by atoms with Gasteiger partial charge in [-0.25, -0.2) is 4.79 Å². The van der Waals surface area contributed by atoms with E-state index in [2.05, 4.69) is 5.32 Å². The summed E-state index contributed by atoms with van der Waals surface area (Å²) in [7, 11) is 0. The number of esters is 1. The number of nitrogens with zero attached hydrogens (tertiary/aromatic N) is 2. The molecule has 0 radical (unpaired) electrons. The Labute approximate surface area is 171 Å². The Bertz CT molecular complexity index is 978. The summed E-state index contributed by atoms with van der Waals surface area (Å²) >= 11 is 0. The van der Waals surface area contributed by atoms with Gasteiger partial charge in [0, 0.05) is 6.07 Å². The third kappa shape index (κ3) is 4.77. The third-order valence-corrected chi connectivity index (χ3v) is 4.92. The Morgan fingerprint density at radius 2 is 1.67 bits per heavy atom. The highest BCUT2D eigenvalue weighted by Crippen LogP contribution is 2.27. The first-order chi connectivity index (χ1) is 14.4. The molecule has 1 N–H and O–H groups in total. The van der Waals surface area contributed by atoms with E-state index in [0.29, 0.717) is 18.4 Å². The highest BCUT2D eigenvalue weighted by molar-refractivity contribution is 5.98. The fourth-order valence-corrected chi connectivity index (χ4v) is 3.41. The summed E-state index contributed by atoms with van der Waals surface area (Å²) < 4.78 is 5.58. The largest absolute Gasteiger partial charge is 0.457 e. The van der Waals surface area contributed by atoms with Gasteiger partial charge in [-0.15, -0.1) is 0 Å². The maximum absolute atomic E-state index is 12.7. The van der Waals surface area contributed by atoms with E-state index in [-0.39, 0.29) is 5.56 Å². The molecular formula is C20H19N3O7. The molecule has 10 nitrogen and oxygen atoms in total. The molecule has 1 amide bonds. The quantitative estimate of drug-likeness (QED) is 0.434. The molecule has 0 saturated heterocycles. The Hall–Kier alpha value is -3.82. The van der Waals surface area contributed by atoms with Crippen LogP contribution in [-0.2, 0) is 4.74 Å². The number of rotatable bonds is 6. The number of hydrogen-bond donors (Lipinski definition) is 1. The minimum atomic E-state index is -0.838. The molecule has 1 aliphatic carbocycles. The summed E-state index contributed by atoms with van der Waals surface area (Å²) in [5, 5.41) is 24.9. The van der Waals surface area contributed by atoms with Crippen molar-refractivity contribution in [2.24, 2.45) is 0 Å². The average Bonchev–Trinajstić information content (AvgIpc) is 2.75. The molecule has 2 aromatic rings. The number of nitro groups is 2. The number of amides is 1. The second kappa shape index (κ2) is 9.12. The maximum Gasteiger partial charge on any atom is 0.338 e. The molecule has 1 saturated carbocycles. The minimum Gasteiger partial charge on any atom is -0.457 e. The molecule has 2 aromatic carbocycles. The van der Waals surface area contributed by atoms with Gasteiger partial charge in [-0.05, 0) is 37.5 Å². The van der Waals surface area contributed by atoms with Crippen LogP contribution in [0.5, 0.6) is 0 Å². The van der Waals surface area contributed by atoms with Crippen LogP contribution in [-0.4, -0.2) is 33.9 Å². The molecule has 30 heavy (non-hydrogen) atoms. The molecule has 1 fully saturated rings. The van der Waals surface area contributed by atoms with Crippen molar-refractivity contribution in [3.8, 4) is 0 Å². The number of carbonyl (C=O) groups excluding carboxylic acids is 2. The molecule has 156 valence electrons.